The van der Waals surface area contributed by atoms with Gasteiger partial charge in [-0.25, -0.2) is 0 Å². The maximum Gasteiger partial charge on any atom is 0.195 e. The molecule has 0 radical (unpaired) electrons. The summed E-state index contributed by atoms with van der Waals surface area (Å²) in [6.07, 6.45) is 3.38. The highest BCUT2D eigenvalue weighted by Crippen LogP contribution is 2.34. The van der Waals surface area contributed by atoms with Crippen LogP contribution in [0, 0.1) is 0 Å². The Morgan fingerprint density at radius 3 is 2.40 bits per heavy atom. The van der Waals surface area contributed by atoms with Gasteiger partial charge in [0.2, 0.25) is 0 Å². The number of ether oxygens (including phenoxy) is 1. The number of hydrogen-bond acceptors (Lipinski definition) is 3. The predicted molar refractivity (Wildman–Crippen MR) is 59.9 cm³/mol. The second-order valence-electron chi connectivity index (χ2n) is 4.13. The Morgan fingerprint density at radius 2 is 1.93 bits per heavy atom. The molecule has 0 unspecified atom stereocenters. The molecule has 2 heterocycles. The molecule has 4 heteroatoms. The zero-order chi connectivity index (χ0) is 11.1. The van der Waals surface area contributed by atoms with Crippen LogP contribution >= 0.6 is 0 Å². The largest absolute Gasteiger partial charge is 0.480 e. The molecule has 1 aliphatic heterocycles. The van der Waals surface area contributed by atoms with Gasteiger partial charge in [0.25, 0.3) is 0 Å². The lowest BCUT2D eigenvalue weighted by Gasteiger charge is -2.18. The second kappa shape index (κ2) is 3.23. The van der Waals surface area contributed by atoms with Gasteiger partial charge in [0.15, 0.2) is 11.4 Å². The minimum Gasteiger partial charge on any atom is -0.480 e. The van der Waals surface area contributed by atoms with E-state index >= 15 is 0 Å². The van der Waals surface area contributed by atoms with Gasteiger partial charge in [-0.1, -0.05) is 0 Å². The first-order valence-corrected chi connectivity index (χ1v) is 4.87. The Morgan fingerprint density at radius 1 is 1.33 bits per heavy atom. The van der Waals surface area contributed by atoms with Crippen molar-refractivity contribution in [1.29, 1.82) is 0 Å². The van der Waals surface area contributed by atoms with Crippen LogP contribution in [0.25, 0.3) is 5.76 Å². The van der Waals surface area contributed by atoms with Gasteiger partial charge in [-0.15, -0.1) is 0 Å². The average molecular weight is 201 g/mol. The summed E-state index contributed by atoms with van der Waals surface area (Å²) in [5.41, 5.74) is 0.857. The Labute approximate surface area is 89.6 Å². The third-order valence-corrected chi connectivity index (χ3v) is 2.53. The molecule has 2 rings (SSSR count). The number of rotatable bonds is 1. The summed E-state index contributed by atoms with van der Waals surface area (Å²) in [5, 5.41) is 0. The van der Waals surface area contributed by atoms with Crippen molar-refractivity contribution in [2.24, 2.45) is 0 Å². The van der Waals surface area contributed by atoms with Gasteiger partial charge in [0.1, 0.15) is 13.6 Å². The van der Waals surface area contributed by atoms with Crippen LogP contribution in [0.4, 0.5) is 0 Å². The van der Waals surface area contributed by atoms with E-state index in [2.05, 4.69) is 4.98 Å². The Kier molecular flexibility index (Phi) is 2.14. The zero-order valence-corrected chi connectivity index (χ0v) is 9.07. The van der Waals surface area contributed by atoms with Gasteiger partial charge in [-0.3, -0.25) is 9.78 Å². The SMILES string of the molecule is BC1=C(c2ccncc2)OC(C)(C)C1=O. The highest BCUT2D eigenvalue weighted by molar-refractivity contribution is 6.42. The minimum absolute atomic E-state index is 0.0503. The lowest BCUT2D eigenvalue weighted by atomic mass is 9.85. The van der Waals surface area contributed by atoms with Gasteiger partial charge in [-0.2, -0.15) is 0 Å². The number of ketones is 1. The number of carbonyl (C=O) groups is 1. The van der Waals surface area contributed by atoms with Crippen LogP contribution in [0.5, 0.6) is 0 Å². The lowest BCUT2D eigenvalue weighted by molar-refractivity contribution is -0.126. The van der Waals surface area contributed by atoms with Crippen molar-refractivity contribution in [3.05, 3.63) is 35.6 Å². The van der Waals surface area contributed by atoms with Gasteiger partial charge >= 0.3 is 0 Å². The molecule has 0 atom stereocenters. The smallest absolute Gasteiger partial charge is 0.195 e. The molecule has 15 heavy (non-hydrogen) atoms. The Bertz CT molecular complexity index is 437. The molecule has 3 nitrogen and oxygen atoms in total. The first-order chi connectivity index (χ1) is 7.02. The first-order valence-electron chi connectivity index (χ1n) is 4.87. The molecule has 76 valence electrons. The molecule has 0 aromatic carbocycles. The monoisotopic (exact) mass is 201 g/mol. The highest BCUT2D eigenvalue weighted by Gasteiger charge is 2.39. The van der Waals surface area contributed by atoms with Gasteiger partial charge < -0.3 is 4.74 Å². The van der Waals surface area contributed by atoms with Crippen LogP contribution in [0.2, 0.25) is 0 Å². The van der Waals surface area contributed by atoms with Crippen molar-refractivity contribution in [3.63, 3.8) is 0 Å². The Hall–Kier alpha value is -1.58. The second-order valence-corrected chi connectivity index (χ2v) is 4.13. The van der Waals surface area contributed by atoms with Crippen molar-refractivity contribution in [2.75, 3.05) is 0 Å². The molecule has 1 aromatic rings. The molecule has 0 fully saturated rings. The number of pyridine rings is 1. The van der Waals surface area contributed by atoms with E-state index in [1.54, 1.807) is 34.1 Å². The normalized spacial score (nSPS) is 19.2. The summed E-state index contributed by atoms with van der Waals surface area (Å²) in [6, 6.07) is 3.68. The number of hydrogen-bond donors (Lipinski definition) is 0. The Balaban J connectivity index is 2.45. The number of Topliss-reactive ketones (excluding diaryl/α,β-unsaturated/α-hetero) is 1. The number of aromatic nitrogens is 1. The fourth-order valence-electron chi connectivity index (χ4n) is 1.71. The summed E-state index contributed by atoms with van der Waals surface area (Å²) in [4.78, 5) is 15.7. The van der Waals surface area contributed by atoms with Crippen LogP contribution in [-0.4, -0.2) is 24.2 Å². The van der Waals surface area contributed by atoms with Gasteiger partial charge in [0, 0.05) is 18.0 Å². The fraction of sp³-hybridized carbons (Fsp3) is 0.273. The minimum atomic E-state index is -0.733. The van der Waals surface area contributed by atoms with Crippen LogP contribution < -0.4 is 0 Å². The van der Waals surface area contributed by atoms with Gasteiger partial charge in [0.05, 0.1) is 0 Å². The summed E-state index contributed by atoms with van der Waals surface area (Å²) >= 11 is 0. The molecular formula is C11H12BNO2. The topological polar surface area (TPSA) is 39.2 Å². The van der Waals surface area contributed by atoms with Gasteiger partial charge in [-0.05, 0) is 31.5 Å². The summed E-state index contributed by atoms with van der Waals surface area (Å²) in [7, 11) is 1.80. The van der Waals surface area contributed by atoms with E-state index in [9.17, 15) is 4.79 Å². The van der Waals surface area contributed by atoms with E-state index in [1.165, 1.54) is 0 Å². The van der Waals surface area contributed by atoms with E-state index < -0.39 is 5.60 Å². The van der Waals surface area contributed by atoms with E-state index in [0.717, 1.165) is 5.56 Å². The van der Waals surface area contributed by atoms with Crippen molar-refractivity contribution in [3.8, 4) is 0 Å². The molecular weight excluding hydrogens is 189 g/mol. The third kappa shape index (κ3) is 1.56. The van der Waals surface area contributed by atoms with Crippen molar-refractivity contribution in [1.82, 2.24) is 4.98 Å². The highest BCUT2D eigenvalue weighted by atomic mass is 16.5. The first kappa shape index (κ1) is 9.96. The van der Waals surface area contributed by atoms with Crippen LogP contribution in [0.3, 0.4) is 0 Å². The maximum atomic E-state index is 11.8. The molecule has 0 saturated heterocycles. The van der Waals surface area contributed by atoms with Crippen LogP contribution in [0.1, 0.15) is 19.4 Å². The number of nitrogens with zero attached hydrogens (tertiary/aromatic N) is 1. The van der Waals surface area contributed by atoms with E-state index in [-0.39, 0.29) is 5.78 Å². The van der Waals surface area contributed by atoms with Crippen LogP contribution in [0.15, 0.2) is 30.0 Å². The molecule has 0 amide bonds. The van der Waals surface area contributed by atoms with Crippen LogP contribution in [-0.2, 0) is 9.53 Å². The van der Waals surface area contributed by atoms with Crippen molar-refractivity contribution >= 4 is 19.4 Å². The quantitative estimate of drug-likeness (QED) is 0.629. The summed E-state index contributed by atoms with van der Waals surface area (Å²) in [6.45, 7) is 3.57. The molecule has 0 spiro atoms. The van der Waals surface area contributed by atoms with E-state index in [0.29, 0.717) is 11.2 Å². The van der Waals surface area contributed by atoms with E-state index in [1.807, 2.05) is 12.1 Å². The zero-order valence-electron chi connectivity index (χ0n) is 9.07. The molecule has 0 bridgehead atoms. The van der Waals surface area contributed by atoms with Crippen molar-refractivity contribution < 1.29 is 9.53 Å². The predicted octanol–water partition coefficient (Wildman–Crippen LogP) is 0.761. The fourth-order valence-corrected chi connectivity index (χ4v) is 1.71. The standard InChI is InChI=1S/C11H12BNO2/c1-11(2)10(14)8(12)9(15-11)7-3-5-13-6-4-7/h3-6H,12H2,1-2H3. The average Bonchev–Trinajstić information content (AvgIpc) is 2.44. The maximum absolute atomic E-state index is 11.8. The molecule has 1 aliphatic rings. The summed E-state index contributed by atoms with van der Waals surface area (Å²) < 4.78 is 5.66. The van der Waals surface area contributed by atoms with E-state index in [4.69, 9.17) is 4.74 Å². The molecule has 0 saturated carbocycles. The molecule has 1 aromatic heterocycles. The summed E-state index contributed by atoms with van der Waals surface area (Å²) in [5.74, 6) is 0.724. The van der Waals surface area contributed by atoms with Crippen molar-refractivity contribution in [2.45, 2.75) is 19.4 Å². The third-order valence-electron chi connectivity index (χ3n) is 2.53. The number of carbonyl (C=O) groups excluding carboxylic acids is 1. The lowest BCUT2D eigenvalue weighted by Crippen LogP contribution is -2.29. The molecule has 0 aliphatic carbocycles. The molecule has 0 N–H and O–H groups in total.